The largest absolute Gasteiger partial charge is 0.507 e. The highest BCUT2D eigenvalue weighted by atomic mass is 16.5. The van der Waals surface area contributed by atoms with Gasteiger partial charge in [0.1, 0.15) is 11.5 Å². The number of hydrogen-bond donors (Lipinski definition) is 1. The SMILES string of the molecule is O=C1/C(=C/c2ccncc2)Oc2c1ccc(O)c2CN1CCN(Cc2ccccc2)CC1. The molecular formula is C26H25N3O3. The van der Waals surface area contributed by atoms with Crippen LogP contribution in [-0.2, 0) is 13.1 Å². The Hall–Kier alpha value is -3.48. The molecule has 162 valence electrons. The lowest BCUT2D eigenvalue weighted by atomic mass is 10.0. The van der Waals surface area contributed by atoms with Gasteiger partial charge in [0, 0.05) is 51.7 Å². The molecule has 5 rings (SSSR count). The molecule has 1 saturated heterocycles. The van der Waals surface area contributed by atoms with Gasteiger partial charge in [-0.05, 0) is 41.5 Å². The van der Waals surface area contributed by atoms with Gasteiger partial charge < -0.3 is 9.84 Å². The highest BCUT2D eigenvalue weighted by molar-refractivity contribution is 6.14. The fraction of sp³-hybridized carbons (Fsp3) is 0.231. The maximum absolute atomic E-state index is 12.9. The van der Waals surface area contributed by atoms with E-state index in [2.05, 4.69) is 39.0 Å². The molecule has 32 heavy (non-hydrogen) atoms. The smallest absolute Gasteiger partial charge is 0.231 e. The van der Waals surface area contributed by atoms with Crippen molar-refractivity contribution in [3.05, 3.63) is 95.0 Å². The van der Waals surface area contributed by atoms with Gasteiger partial charge in [-0.25, -0.2) is 0 Å². The second-order valence-electron chi connectivity index (χ2n) is 8.20. The molecule has 2 aromatic carbocycles. The van der Waals surface area contributed by atoms with Gasteiger partial charge in [-0.2, -0.15) is 0 Å². The summed E-state index contributed by atoms with van der Waals surface area (Å²) in [4.78, 5) is 21.6. The molecule has 2 aliphatic rings. The summed E-state index contributed by atoms with van der Waals surface area (Å²) in [5.41, 5.74) is 3.34. The van der Waals surface area contributed by atoms with Crippen LogP contribution in [-0.4, -0.2) is 51.9 Å². The molecule has 3 heterocycles. The molecule has 6 heteroatoms. The summed E-state index contributed by atoms with van der Waals surface area (Å²) in [7, 11) is 0. The van der Waals surface area contributed by atoms with Crippen LogP contribution in [0.4, 0.5) is 0 Å². The highest BCUT2D eigenvalue weighted by Crippen LogP contribution is 2.40. The van der Waals surface area contributed by atoms with Gasteiger partial charge in [-0.15, -0.1) is 0 Å². The van der Waals surface area contributed by atoms with Crippen molar-refractivity contribution in [2.24, 2.45) is 0 Å². The molecule has 1 N–H and O–H groups in total. The third-order valence-corrected chi connectivity index (χ3v) is 6.02. The van der Waals surface area contributed by atoms with Crippen LogP contribution in [0.15, 0.2) is 72.8 Å². The van der Waals surface area contributed by atoms with Crippen LogP contribution < -0.4 is 4.74 Å². The van der Waals surface area contributed by atoms with Gasteiger partial charge in [-0.1, -0.05) is 30.3 Å². The fourth-order valence-electron chi connectivity index (χ4n) is 4.23. The van der Waals surface area contributed by atoms with Crippen LogP contribution in [0.5, 0.6) is 11.5 Å². The van der Waals surface area contributed by atoms with Gasteiger partial charge in [0.15, 0.2) is 5.76 Å². The van der Waals surface area contributed by atoms with Crippen LogP contribution in [0.1, 0.15) is 27.0 Å². The number of phenols is 1. The van der Waals surface area contributed by atoms with E-state index < -0.39 is 0 Å². The van der Waals surface area contributed by atoms with Crippen molar-refractivity contribution in [1.29, 1.82) is 0 Å². The van der Waals surface area contributed by atoms with E-state index in [-0.39, 0.29) is 17.3 Å². The van der Waals surface area contributed by atoms with E-state index in [1.807, 2.05) is 18.2 Å². The van der Waals surface area contributed by atoms with Gasteiger partial charge in [0.25, 0.3) is 0 Å². The van der Waals surface area contributed by atoms with Crippen LogP contribution >= 0.6 is 0 Å². The number of rotatable bonds is 5. The Morgan fingerprint density at radius 1 is 0.906 bits per heavy atom. The van der Waals surface area contributed by atoms with Crippen molar-refractivity contribution in [2.45, 2.75) is 13.1 Å². The minimum atomic E-state index is -0.161. The molecule has 0 unspecified atom stereocenters. The average molecular weight is 428 g/mol. The Kier molecular flexibility index (Phi) is 5.71. The Morgan fingerprint density at radius 2 is 1.59 bits per heavy atom. The minimum Gasteiger partial charge on any atom is -0.507 e. The van der Waals surface area contributed by atoms with E-state index in [1.165, 1.54) is 5.56 Å². The molecule has 0 aliphatic carbocycles. The number of piperazine rings is 1. The van der Waals surface area contributed by atoms with Crippen LogP contribution in [0.25, 0.3) is 6.08 Å². The standard InChI is InChI=1S/C26H25N3O3/c30-23-7-6-21-25(31)24(16-19-8-10-27-11-9-19)32-26(21)22(23)18-29-14-12-28(13-15-29)17-20-4-2-1-3-5-20/h1-11,16,30H,12-15,17-18H2/b24-16-. The van der Waals surface area contributed by atoms with Gasteiger partial charge in [0.05, 0.1) is 11.1 Å². The first-order valence-electron chi connectivity index (χ1n) is 10.8. The summed E-state index contributed by atoms with van der Waals surface area (Å²) < 4.78 is 5.97. The normalized spacial score (nSPS) is 18.0. The molecule has 0 saturated carbocycles. The summed E-state index contributed by atoms with van der Waals surface area (Å²) in [5.74, 6) is 0.743. The Balaban J connectivity index is 1.28. The van der Waals surface area contributed by atoms with Crippen molar-refractivity contribution in [3.63, 3.8) is 0 Å². The molecule has 0 bridgehead atoms. The van der Waals surface area contributed by atoms with Crippen LogP contribution in [0, 0.1) is 0 Å². The van der Waals surface area contributed by atoms with Crippen molar-refractivity contribution < 1.29 is 14.6 Å². The number of ketones is 1. The van der Waals surface area contributed by atoms with Gasteiger partial charge in [0.2, 0.25) is 5.78 Å². The molecule has 2 aliphatic heterocycles. The summed E-state index contributed by atoms with van der Waals surface area (Å²) >= 11 is 0. The predicted octanol–water partition coefficient (Wildman–Crippen LogP) is 3.72. The molecule has 1 aromatic heterocycles. The maximum Gasteiger partial charge on any atom is 0.231 e. The van der Waals surface area contributed by atoms with Crippen LogP contribution in [0.3, 0.4) is 0 Å². The lowest BCUT2D eigenvalue weighted by molar-refractivity contribution is 0.101. The highest BCUT2D eigenvalue weighted by Gasteiger charge is 2.32. The third kappa shape index (κ3) is 4.28. The first-order valence-corrected chi connectivity index (χ1v) is 10.8. The van der Waals surface area contributed by atoms with E-state index in [0.29, 0.717) is 23.4 Å². The zero-order chi connectivity index (χ0) is 21.9. The predicted molar refractivity (Wildman–Crippen MR) is 122 cm³/mol. The molecule has 0 atom stereocenters. The third-order valence-electron chi connectivity index (χ3n) is 6.02. The number of nitrogens with zero attached hydrogens (tertiary/aromatic N) is 3. The maximum atomic E-state index is 12.9. The second kappa shape index (κ2) is 8.94. The monoisotopic (exact) mass is 427 g/mol. The van der Waals surface area contributed by atoms with Crippen molar-refractivity contribution in [3.8, 4) is 11.5 Å². The van der Waals surface area contributed by atoms with Crippen molar-refractivity contribution in [1.82, 2.24) is 14.8 Å². The number of benzene rings is 2. The molecule has 0 radical (unpaired) electrons. The Labute approximate surface area is 187 Å². The fourth-order valence-corrected chi connectivity index (χ4v) is 4.23. The molecule has 6 nitrogen and oxygen atoms in total. The average Bonchev–Trinajstić information content (AvgIpc) is 3.13. The van der Waals surface area contributed by atoms with Crippen LogP contribution in [0.2, 0.25) is 0 Å². The number of allylic oxidation sites excluding steroid dienone is 1. The minimum absolute atomic E-state index is 0.161. The number of ether oxygens (including phenoxy) is 1. The summed E-state index contributed by atoms with van der Waals surface area (Å²) in [6.07, 6.45) is 5.06. The molecule has 0 amide bonds. The summed E-state index contributed by atoms with van der Waals surface area (Å²) in [6, 6.07) is 17.4. The van der Waals surface area contributed by atoms with E-state index in [0.717, 1.165) is 38.3 Å². The Morgan fingerprint density at radius 3 is 2.31 bits per heavy atom. The number of aromatic nitrogens is 1. The lowest BCUT2D eigenvalue weighted by Crippen LogP contribution is -2.45. The molecule has 1 fully saturated rings. The summed E-state index contributed by atoms with van der Waals surface area (Å²) in [6.45, 7) is 5.19. The molecular weight excluding hydrogens is 402 g/mol. The lowest BCUT2D eigenvalue weighted by Gasteiger charge is -2.35. The van der Waals surface area contributed by atoms with E-state index >= 15 is 0 Å². The van der Waals surface area contributed by atoms with E-state index in [4.69, 9.17) is 4.74 Å². The number of carbonyl (C=O) groups excluding carboxylic acids is 1. The Bertz CT molecular complexity index is 1140. The van der Waals surface area contributed by atoms with E-state index in [1.54, 1.807) is 30.6 Å². The molecule has 3 aromatic rings. The number of aromatic hydroxyl groups is 1. The first kappa shape index (κ1) is 20.4. The quantitative estimate of drug-likeness (QED) is 0.626. The second-order valence-corrected chi connectivity index (χ2v) is 8.20. The number of pyridine rings is 1. The van der Waals surface area contributed by atoms with Gasteiger partial charge in [-0.3, -0.25) is 19.6 Å². The summed E-state index contributed by atoms with van der Waals surface area (Å²) in [5, 5.41) is 10.6. The van der Waals surface area contributed by atoms with Crippen molar-refractivity contribution in [2.75, 3.05) is 26.2 Å². The number of hydrogen-bond acceptors (Lipinski definition) is 6. The number of Topliss-reactive ketones (excluding diaryl/α,β-unsaturated/α-hetero) is 1. The zero-order valence-electron chi connectivity index (χ0n) is 17.8. The zero-order valence-corrected chi connectivity index (χ0v) is 17.8. The number of phenolic OH excluding ortho intramolecular Hbond substituents is 1. The number of carbonyl (C=O) groups is 1. The topological polar surface area (TPSA) is 65.9 Å². The number of fused-ring (bicyclic) bond motifs is 1. The van der Waals surface area contributed by atoms with Crippen molar-refractivity contribution >= 4 is 11.9 Å². The van der Waals surface area contributed by atoms with E-state index in [9.17, 15) is 9.90 Å². The van der Waals surface area contributed by atoms with Gasteiger partial charge >= 0.3 is 0 Å². The first-order chi connectivity index (χ1) is 15.7. The molecule has 0 spiro atoms.